The largest absolute Gasteiger partial charge is 0.491 e. The molecule has 0 amide bonds. The van der Waals surface area contributed by atoms with Crippen molar-refractivity contribution >= 4 is 16.7 Å². The van der Waals surface area contributed by atoms with Gasteiger partial charge >= 0.3 is 0 Å². The van der Waals surface area contributed by atoms with E-state index in [1.807, 2.05) is 60.0 Å². The number of fused-ring (bicyclic) bond motifs is 1. The molecule has 6 heteroatoms. The van der Waals surface area contributed by atoms with Crippen LogP contribution >= 0.6 is 0 Å². The summed E-state index contributed by atoms with van der Waals surface area (Å²) in [5.74, 6) is 1.61. The van der Waals surface area contributed by atoms with Crippen molar-refractivity contribution in [3.05, 3.63) is 42.7 Å². The smallest absolute Gasteiger partial charge is 0.130 e. The number of anilines is 1. The van der Waals surface area contributed by atoms with Crippen molar-refractivity contribution in [2.45, 2.75) is 32.5 Å². The number of halogens is 1. The lowest BCUT2D eigenvalue weighted by Crippen LogP contribution is -2.21. The molecule has 0 saturated carbocycles. The van der Waals surface area contributed by atoms with Crippen molar-refractivity contribution in [2.75, 3.05) is 18.0 Å². The number of aromatic nitrogens is 3. The van der Waals surface area contributed by atoms with Gasteiger partial charge in [0.05, 0.1) is 30.0 Å². The molecule has 1 saturated heterocycles. The minimum absolute atomic E-state index is 0.116. The van der Waals surface area contributed by atoms with E-state index in [2.05, 4.69) is 10.1 Å². The van der Waals surface area contributed by atoms with Crippen LogP contribution < -0.4 is 9.64 Å². The van der Waals surface area contributed by atoms with Crippen LogP contribution in [0.15, 0.2) is 42.7 Å². The van der Waals surface area contributed by atoms with E-state index in [4.69, 9.17) is 4.74 Å². The van der Waals surface area contributed by atoms with Crippen molar-refractivity contribution in [2.24, 2.45) is 0 Å². The molecule has 1 atom stereocenters. The van der Waals surface area contributed by atoms with Gasteiger partial charge in [-0.2, -0.15) is 5.10 Å². The van der Waals surface area contributed by atoms with Crippen molar-refractivity contribution in [3.8, 4) is 11.4 Å². The molecule has 0 bridgehead atoms. The van der Waals surface area contributed by atoms with Crippen molar-refractivity contribution in [3.63, 3.8) is 0 Å². The minimum Gasteiger partial charge on any atom is -0.491 e. The fraction of sp³-hybridized carbons (Fsp3) is 0.368. The van der Waals surface area contributed by atoms with Gasteiger partial charge in [-0.05, 0) is 38.5 Å². The summed E-state index contributed by atoms with van der Waals surface area (Å²) >= 11 is 0. The van der Waals surface area contributed by atoms with E-state index in [-0.39, 0.29) is 6.10 Å². The van der Waals surface area contributed by atoms with Crippen LogP contribution in [-0.4, -0.2) is 40.1 Å². The first-order chi connectivity index (χ1) is 12.1. The normalized spacial score (nSPS) is 17.6. The van der Waals surface area contributed by atoms with Gasteiger partial charge in [0, 0.05) is 30.3 Å². The van der Waals surface area contributed by atoms with Crippen molar-refractivity contribution in [1.29, 1.82) is 0 Å². The third-order valence-electron chi connectivity index (χ3n) is 4.34. The molecule has 0 N–H and O–H groups in total. The van der Waals surface area contributed by atoms with Crippen molar-refractivity contribution < 1.29 is 9.13 Å². The summed E-state index contributed by atoms with van der Waals surface area (Å²) in [6.45, 7) is 5.11. The van der Waals surface area contributed by atoms with Gasteiger partial charge < -0.3 is 9.64 Å². The van der Waals surface area contributed by atoms with Crippen LogP contribution in [0.1, 0.15) is 20.3 Å². The molecule has 130 valence electrons. The van der Waals surface area contributed by atoms with Crippen LogP contribution in [0.4, 0.5) is 10.2 Å². The predicted octanol–water partition coefficient (Wildman–Crippen LogP) is 3.76. The Bertz CT molecular complexity index is 892. The average molecular weight is 340 g/mol. The Balaban J connectivity index is 1.71. The first-order valence-electron chi connectivity index (χ1n) is 8.60. The molecular formula is C19H21FN4O. The van der Waals surface area contributed by atoms with Crippen LogP contribution in [0.2, 0.25) is 0 Å². The topological polar surface area (TPSA) is 43.2 Å². The Labute approximate surface area is 146 Å². The Morgan fingerprint density at radius 1 is 1.24 bits per heavy atom. The summed E-state index contributed by atoms with van der Waals surface area (Å²) < 4.78 is 21.2. The van der Waals surface area contributed by atoms with Crippen LogP contribution in [-0.2, 0) is 0 Å². The maximum Gasteiger partial charge on any atom is 0.130 e. The molecule has 1 fully saturated rings. The summed E-state index contributed by atoms with van der Waals surface area (Å²) in [5.41, 5.74) is 1.88. The fourth-order valence-electron chi connectivity index (χ4n) is 3.19. The summed E-state index contributed by atoms with van der Waals surface area (Å²) in [7, 11) is 0. The highest BCUT2D eigenvalue weighted by Gasteiger charge is 2.23. The molecule has 3 aromatic rings. The zero-order valence-corrected chi connectivity index (χ0v) is 14.4. The fourth-order valence-corrected chi connectivity index (χ4v) is 3.19. The molecule has 5 nitrogen and oxygen atoms in total. The molecule has 2 aromatic heterocycles. The zero-order valence-electron chi connectivity index (χ0n) is 14.4. The molecule has 1 aromatic carbocycles. The molecule has 0 spiro atoms. The van der Waals surface area contributed by atoms with Crippen LogP contribution in [0.3, 0.4) is 0 Å². The molecule has 1 aliphatic rings. The molecule has 25 heavy (non-hydrogen) atoms. The van der Waals surface area contributed by atoms with Gasteiger partial charge in [-0.25, -0.2) is 14.1 Å². The Kier molecular flexibility index (Phi) is 4.03. The lowest BCUT2D eigenvalue weighted by molar-refractivity contribution is 0.242. The van der Waals surface area contributed by atoms with E-state index < -0.39 is 6.17 Å². The Morgan fingerprint density at radius 2 is 2.12 bits per heavy atom. The molecule has 0 radical (unpaired) electrons. The maximum atomic E-state index is 13.5. The highest BCUT2D eigenvalue weighted by molar-refractivity contribution is 5.81. The number of hydrogen-bond acceptors (Lipinski definition) is 4. The summed E-state index contributed by atoms with van der Waals surface area (Å²) in [6, 6.07) is 9.83. The second-order valence-corrected chi connectivity index (χ2v) is 6.65. The second kappa shape index (κ2) is 6.35. The number of rotatable bonds is 4. The molecular weight excluding hydrogens is 319 g/mol. The summed E-state index contributed by atoms with van der Waals surface area (Å²) in [4.78, 5) is 6.38. The standard InChI is InChI=1S/C19H21FN4O/c1-13(2)25-17-4-3-14-11-22-24(18(14)10-17)16-5-7-21-19(9-16)23-8-6-15(20)12-23/h3-5,7,9-11,13,15H,6,8,12H2,1-2H3/t15-/m1/s1. The van der Waals surface area contributed by atoms with Gasteiger partial charge in [0.15, 0.2) is 0 Å². The number of alkyl halides is 1. The highest BCUT2D eigenvalue weighted by atomic mass is 19.1. The second-order valence-electron chi connectivity index (χ2n) is 6.65. The van der Waals surface area contributed by atoms with E-state index in [9.17, 15) is 4.39 Å². The SMILES string of the molecule is CC(C)Oc1ccc2cnn(-c3ccnc(N4CC[C@@H](F)C4)c3)c2c1. The monoisotopic (exact) mass is 340 g/mol. The van der Waals surface area contributed by atoms with E-state index in [1.54, 1.807) is 6.20 Å². The maximum absolute atomic E-state index is 13.5. The van der Waals surface area contributed by atoms with Crippen LogP contribution in [0.5, 0.6) is 5.75 Å². The third kappa shape index (κ3) is 3.16. The number of pyridine rings is 1. The lowest BCUT2D eigenvalue weighted by atomic mass is 10.2. The van der Waals surface area contributed by atoms with Crippen LogP contribution in [0, 0.1) is 0 Å². The quantitative estimate of drug-likeness (QED) is 0.725. The lowest BCUT2D eigenvalue weighted by Gasteiger charge is -2.17. The molecule has 1 aliphatic heterocycles. The van der Waals surface area contributed by atoms with Gasteiger partial charge in [-0.3, -0.25) is 0 Å². The average Bonchev–Trinajstić information content (AvgIpc) is 3.20. The highest BCUT2D eigenvalue weighted by Crippen LogP contribution is 2.26. The van der Waals surface area contributed by atoms with Gasteiger partial charge in [-0.15, -0.1) is 0 Å². The van der Waals surface area contributed by atoms with Gasteiger partial charge in [-0.1, -0.05) is 0 Å². The molecule has 0 aliphatic carbocycles. The van der Waals surface area contributed by atoms with E-state index in [0.717, 1.165) is 28.2 Å². The van der Waals surface area contributed by atoms with Gasteiger partial charge in [0.1, 0.15) is 17.7 Å². The first kappa shape index (κ1) is 15.9. The zero-order chi connectivity index (χ0) is 17.4. The van der Waals surface area contributed by atoms with Gasteiger partial charge in [0.25, 0.3) is 0 Å². The van der Waals surface area contributed by atoms with Gasteiger partial charge in [0.2, 0.25) is 0 Å². The van der Waals surface area contributed by atoms with E-state index in [0.29, 0.717) is 19.5 Å². The van der Waals surface area contributed by atoms with Crippen LogP contribution in [0.25, 0.3) is 16.6 Å². The number of hydrogen-bond donors (Lipinski definition) is 0. The summed E-state index contributed by atoms with van der Waals surface area (Å²) in [6.07, 6.45) is 3.49. The number of nitrogens with zero attached hydrogens (tertiary/aromatic N) is 4. The molecule has 0 unspecified atom stereocenters. The molecule has 4 rings (SSSR count). The Morgan fingerprint density at radius 3 is 2.88 bits per heavy atom. The first-order valence-corrected chi connectivity index (χ1v) is 8.60. The predicted molar refractivity (Wildman–Crippen MR) is 96.4 cm³/mol. The summed E-state index contributed by atoms with van der Waals surface area (Å²) in [5, 5.41) is 5.55. The van der Waals surface area contributed by atoms with E-state index >= 15 is 0 Å². The minimum atomic E-state index is -0.772. The van der Waals surface area contributed by atoms with E-state index in [1.165, 1.54) is 0 Å². The number of benzene rings is 1. The van der Waals surface area contributed by atoms with Crippen molar-refractivity contribution in [1.82, 2.24) is 14.8 Å². The Hall–Kier alpha value is -2.63. The molecule has 3 heterocycles. The number of ether oxygens (including phenoxy) is 1. The third-order valence-corrected chi connectivity index (χ3v) is 4.34.